The van der Waals surface area contributed by atoms with Crippen molar-refractivity contribution in [3.8, 4) is 0 Å². The van der Waals surface area contributed by atoms with E-state index >= 15 is 0 Å². The Morgan fingerprint density at radius 1 is 1.12 bits per heavy atom. The van der Waals surface area contributed by atoms with Gasteiger partial charge in [-0.1, -0.05) is 42.5 Å². The number of rotatable bonds is 3. The molecular weight excluding hydrogens is 202 g/mol. The van der Waals surface area contributed by atoms with Crippen molar-refractivity contribution >= 4 is 16.9 Å². The summed E-state index contributed by atoms with van der Waals surface area (Å²) in [5.74, 6) is 0. The molecule has 0 saturated heterocycles. The third-order valence-corrected chi connectivity index (χ3v) is 2.45. The predicted molar refractivity (Wildman–Crippen MR) is 63.2 cm³/mol. The largest absolute Gasteiger partial charge is 0.449 e. The van der Waals surface area contributed by atoms with Gasteiger partial charge in [-0.2, -0.15) is 0 Å². The van der Waals surface area contributed by atoms with Crippen LogP contribution in [0.2, 0.25) is 0 Å². The Kier molecular flexibility index (Phi) is 3.05. The van der Waals surface area contributed by atoms with E-state index in [9.17, 15) is 4.79 Å². The normalized spacial score (nSPS) is 10.2. The number of hydrogen-bond donors (Lipinski definition) is 1. The number of ether oxygens (including phenoxy) is 1. The Hall–Kier alpha value is -2.03. The average molecular weight is 215 g/mol. The summed E-state index contributed by atoms with van der Waals surface area (Å²) in [6.45, 7) is 0.327. The molecule has 0 aliphatic carbocycles. The van der Waals surface area contributed by atoms with Crippen LogP contribution in [0.3, 0.4) is 0 Å². The maximum absolute atomic E-state index is 10.4. The molecule has 0 aromatic heterocycles. The molecule has 16 heavy (non-hydrogen) atoms. The summed E-state index contributed by atoms with van der Waals surface area (Å²) in [6, 6.07) is 14.3. The lowest BCUT2D eigenvalue weighted by Crippen LogP contribution is -2.14. The molecule has 0 spiro atoms. The molecule has 0 atom stereocenters. The first-order valence-corrected chi connectivity index (χ1v) is 5.15. The quantitative estimate of drug-likeness (QED) is 0.855. The number of nitrogens with two attached hydrogens (primary N) is 1. The van der Waals surface area contributed by atoms with E-state index in [1.807, 2.05) is 18.2 Å². The highest BCUT2D eigenvalue weighted by Gasteiger charge is 1.98. The standard InChI is InChI=1S/C13H13NO2/c14-13(15)16-8-7-10-5-6-11-3-1-2-4-12(11)9-10/h1-6,9H,7-8H2,(H2,14,15). The molecule has 3 nitrogen and oxygen atoms in total. The van der Waals surface area contributed by atoms with E-state index in [4.69, 9.17) is 10.5 Å². The minimum Gasteiger partial charge on any atom is -0.449 e. The molecule has 0 unspecified atom stereocenters. The maximum atomic E-state index is 10.4. The lowest BCUT2D eigenvalue weighted by atomic mass is 10.1. The SMILES string of the molecule is NC(=O)OCCc1ccc2ccccc2c1. The zero-order chi connectivity index (χ0) is 11.4. The summed E-state index contributed by atoms with van der Waals surface area (Å²) in [5, 5.41) is 2.40. The van der Waals surface area contributed by atoms with Crippen LogP contribution < -0.4 is 5.73 Å². The van der Waals surface area contributed by atoms with Gasteiger partial charge in [-0.15, -0.1) is 0 Å². The second-order valence-electron chi connectivity index (χ2n) is 3.60. The highest BCUT2D eigenvalue weighted by Crippen LogP contribution is 2.15. The van der Waals surface area contributed by atoms with Gasteiger partial charge in [0, 0.05) is 6.42 Å². The van der Waals surface area contributed by atoms with Crippen molar-refractivity contribution in [3.05, 3.63) is 48.0 Å². The third-order valence-electron chi connectivity index (χ3n) is 2.45. The summed E-state index contributed by atoms with van der Waals surface area (Å²) in [4.78, 5) is 10.4. The molecule has 2 rings (SSSR count). The fraction of sp³-hybridized carbons (Fsp3) is 0.154. The van der Waals surface area contributed by atoms with E-state index < -0.39 is 6.09 Å². The van der Waals surface area contributed by atoms with E-state index in [-0.39, 0.29) is 0 Å². The van der Waals surface area contributed by atoms with Gasteiger partial charge in [0.15, 0.2) is 0 Å². The summed E-state index contributed by atoms with van der Waals surface area (Å²) in [7, 11) is 0. The topological polar surface area (TPSA) is 52.3 Å². The minimum absolute atomic E-state index is 0.327. The Morgan fingerprint density at radius 2 is 1.88 bits per heavy atom. The van der Waals surface area contributed by atoms with Gasteiger partial charge in [-0.25, -0.2) is 4.79 Å². The van der Waals surface area contributed by atoms with Crippen molar-refractivity contribution in [1.82, 2.24) is 0 Å². The number of hydrogen-bond acceptors (Lipinski definition) is 2. The van der Waals surface area contributed by atoms with E-state index in [1.165, 1.54) is 10.8 Å². The van der Waals surface area contributed by atoms with Crippen molar-refractivity contribution in [2.45, 2.75) is 6.42 Å². The van der Waals surface area contributed by atoms with Gasteiger partial charge in [-0.05, 0) is 16.3 Å². The van der Waals surface area contributed by atoms with Gasteiger partial charge < -0.3 is 10.5 Å². The first-order chi connectivity index (χ1) is 7.75. The fourth-order valence-corrected chi connectivity index (χ4v) is 1.66. The van der Waals surface area contributed by atoms with E-state index in [1.54, 1.807) is 0 Å². The van der Waals surface area contributed by atoms with Gasteiger partial charge in [0.25, 0.3) is 0 Å². The number of carbonyl (C=O) groups excluding carboxylic acids is 1. The Balaban J connectivity index is 2.10. The molecule has 2 aromatic rings. The number of amides is 1. The van der Waals surface area contributed by atoms with Crippen LogP contribution in [0.5, 0.6) is 0 Å². The molecular formula is C13H13NO2. The molecule has 2 aromatic carbocycles. The molecule has 1 amide bonds. The lowest BCUT2D eigenvalue weighted by Gasteiger charge is -2.04. The van der Waals surface area contributed by atoms with Crippen LogP contribution in [0.25, 0.3) is 10.8 Å². The summed E-state index contributed by atoms with van der Waals surface area (Å²) in [6.07, 6.45) is -0.0332. The Bertz CT molecular complexity index is 508. The van der Waals surface area contributed by atoms with Gasteiger partial charge in [0.05, 0.1) is 6.61 Å². The van der Waals surface area contributed by atoms with Crippen LogP contribution >= 0.6 is 0 Å². The maximum Gasteiger partial charge on any atom is 0.404 e. The zero-order valence-electron chi connectivity index (χ0n) is 8.85. The minimum atomic E-state index is -0.721. The number of benzene rings is 2. The number of carbonyl (C=O) groups is 1. The molecule has 2 N–H and O–H groups in total. The Morgan fingerprint density at radius 3 is 2.62 bits per heavy atom. The monoisotopic (exact) mass is 215 g/mol. The summed E-state index contributed by atoms with van der Waals surface area (Å²) in [5.41, 5.74) is 6.02. The molecule has 0 fully saturated rings. The molecule has 82 valence electrons. The van der Waals surface area contributed by atoms with Crippen LogP contribution in [0.4, 0.5) is 4.79 Å². The number of fused-ring (bicyclic) bond motifs is 1. The van der Waals surface area contributed by atoms with Crippen molar-refractivity contribution < 1.29 is 9.53 Å². The average Bonchev–Trinajstić information content (AvgIpc) is 2.28. The molecule has 0 aliphatic heterocycles. The first kappa shape index (κ1) is 10.5. The van der Waals surface area contributed by atoms with Gasteiger partial charge in [-0.3, -0.25) is 0 Å². The predicted octanol–water partition coefficient (Wildman–Crippen LogP) is 2.48. The lowest BCUT2D eigenvalue weighted by molar-refractivity contribution is 0.158. The molecule has 0 radical (unpaired) electrons. The van der Waals surface area contributed by atoms with Crippen molar-refractivity contribution in [2.75, 3.05) is 6.61 Å². The molecule has 0 bridgehead atoms. The molecule has 0 aliphatic rings. The fourth-order valence-electron chi connectivity index (χ4n) is 1.66. The second kappa shape index (κ2) is 4.66. The van der Waals surface area contributed by atoms with E-state index in [2.05, 4.69) is 24.3 Å². The number of primary amides is 1. The van der Waals surface area contributed by atoms with Gasteiger partial charge >= 0.3 is 6.09 Å². The van der Waals surface area contributed by atoms with Crippen LogP contribution in [-0.2, 0) is 11.2 Å². The van der Waals surface area contributed by atoms with E-state index in [0.29, 0.717) is 13.0 Å². The smallest absolute Gasteiger partial charge is 0.404 e. The summed E-state index contributed by atoms with van der Waals surface area (Å²) < 4.78 is 4.70. The Labute approximate surface area is 93.8 Å². The third kappa shape index (κ3) is 2.51. The first-order valence-electron chi connectivity index (χ1n) is 5.15. The van der Waals surface area contributed by atoms with Crippen LogP contribution in [0.1, 0.15) is 5.56 Å². The van der Waals surface area contributed by atoms with Crippen LogP contribution in [0, 0.1) is 0 Å². The van der Waals surface area contributed by atoms with Crippen molar-refractivity contribution in [2.24, 2.45) is 5.73 Å². The molecule has 3 heteroatoms. The van der Waals surface area contributed by atoms with Crippen LogP contribution in [0.15, 0.2) is 42.5 Å². The molecule has 0 heterocycles. The van der Waals surface area contributed by atoms with Gasteiger partial charge in [0.1, 0.15) is 0 Å². The molecule has 0 saturated carbocycles. The second-order valence-corrected chi connectivity index (χ2v) is 3.60. The van der Waals surface area contributed by atoms with Crippen LogP contribution in [-0.4, -0.2) is 12.7 Å². The van der Waals surface area contributed by atoms with Crippen molar-refractivity contribution in [3.63, 3.8) is 0 Å². The summed E-state index contributed by atoms with van der Waals surface area (Å²) >= 11 is 0. The van der Waals surface area contributed by atoms with Gasteiger partial charge in [0.2, 0.25) is 0 Å². The highest BCUT2D eigenvalue weighted by atomic mass is 16.5. The zero-order valence-corrected chi connectivity index (χ0v) is 8.85. The highest BCUT2D eigenvalue weighted by molar-refractivity contribution is 5.82. The van der Waals surface area contributed by atoms with E-state index in [0.717, 1.165) is 5.56 Å². The van der Waals surface area contributed by atoms with Crippen molar-refractivity contribution in [1.29, 1.82) is 0 Å².